The zero-order valence-electron chi connectivity index (χ0n) is 10.3. The normalized spacial score (nSPS) is 10.8. The third kappa shape index (κ3) is 3.17. The molecule has 0 aliphatic heterocycles. The fraction of sp³-hybridized carbons (Fsp3) is 0.0714. The van der Waals surface area contributed by atoms with E-state index in [9.17, 15) is 10.1 Å². The number of pyridine rings is 1. The first-order chi connectivity index (χ1) is 9.08. The summed E-state index contributed by atoms with van der Waals surface area (Å²) in [6, 6.07) is 10.2. The molecule has 0 amide bonds. The van der Waals surface area contributed by atoms with E-state index < -0.39 is 4.92 Å². The molecule has 5 heteroatoms. The number of aryl methyl sites for hydroxylation is 1. The standard InChI is InChI=1S/C14H12ClN2O2/c1-16-9-3-2-4-12(16)6-5-11-10-13(17(18)19)7-8-14(11)15/h2-10H,1H3/q+1. The highest BCUT2D eigenvalue weighted by Crippen LogP contribution is 2.23. The minimum atomic E-state index is -0.434. The fourth-order valence-corrected chi connectivity index (χ4v) is 1.84. The van der Waals surface area contributed by atoms with Gasteiger partial charge in [-0.15, -0.1) is 0 Å². The number of benzene rings is 1. The van der Waals surface area contributed by atoms with Crippen LogP contribution in [-0.2, 0) is 7.05 Å². The second-order valence-electron chi connectivity index (χ2n) is 4.03. The predicted octanol–water partition coefficient (Wildman–Crippen LogP) is 3.24. The van der Waals surface area contributed by atoms with Gasteiger partial charge in [0.25, 0.3) is 5.69 Å². The van der Waals surface area contributed by atoms with E-state index in [1.807, 2.05) is 42.1 Å². The number of hydrogen-bond acceptors (Lipinski definition) is 2. The van der Waals surface area contributed by atoms with Crippen LogP contribution in [0, 0.1) is 10.1 Å². The van der Waals surface area contributed by atoms with E-state index >= 15 is 0 Å². The van der Waals surface area contributed by atoms with Crippen LogP contribution in [0.3, 0.4) is 0 Å². The fourth-order valence-electron chi connectivity index (χ4n) is 1.66. The van der Waals surface area contributed by atoms with Crippen LogP contribution in [0.1, 0.15) is 11.3 Å². The number of nitro groups is 1. The number of hydrogen-bond donors (Lipinski definition) is 0. The van der Waals surface area contributed by atoms with Crippen molar-refractivity contribution in [2.45, 2.75) is 0 Å². The lowest BCUT2D eigenvalue weighted by Crippen LogP contribution is -2.30. The number of nitro benzene ring substituents is 1. The smallest absolute Gasteiger partial charge is 0.258 e. The van der Waals surface area contributed by atoms with Gasteiger partial charge in [-0.05, 0) is 18.2 Å². The topological polar surface area (TPSA) is 47.0 Å². The summed E-state index contributed by atoms with van der Waals surface area (Å²) in [6.45, 7) is 0. The molecule has 0 fully saturated rings. The first-order valence-corrected chi connectivity index (χ1v) is 6.02. The van der Waals surface area contributed by atoms with E-state index in [2.05, 4.69) is 0 Å². The highest BCUT2D eigenvalue weighted by molar-refractivity contribution is 6.32. The molecule has 0 N–H and O–H groups in total. The summed E-state index contributed by atoms with van der Waals surface area (Å²) in [5, 5.41) is 11.2. The Morgan fingerprint density at radius 3 is 2.74 bits per heavy atom. The number of aromatic nitrogens is 1. The van der Waals surface area contributed by atoms with Crippen molar-refractivity contribution in [2.24, 2.45) is 7.05 Å². The summed E-state index contributed by atoms with van der Waals surface area (Å²) in [4.78, 5) is 10.3. The highest BCUT2D eigenvalue weighted by Gasteiger charge is 2.08. The van der Waals surface area contributed by atoms with Gasteiger partial charge in [0, 0.05) is 40.9 Å². The molecule has 4 nitrogen and oxygen atoms in total. The number of rotatable bonds is 3. The van der Waals surface area contributed by atoms with Crippen LogP contribution in [0.15, 0.2) is 42.6 Å². The van der Waals surface area contributed by atoms with Crippen LogP contribution in [0.4, 0.5) is 5.69 Å². The van der Waals surface area contributed by atoms with Gasteiger partial charge < -0.3 is 0 Å². The van der Waals surface area contributed by atoms with Gasteiger partial charge in [0.2, 0.25) is 5.69 Å². The third-order valence-corrected chi connectivity index (χ3v) is 3.06. The third-order valence-electron chi connectivity index (χ3n) is 2.72. The molecule has 0 unspecified atom stereocenters. The molecule has 0 bridgehead atoms. The molecule has 1 aromatic heterocycles. The Morgan fingerprint density at radius 1 is 1.26 bits per heavy atom. The van der Waals surface area contributed by atoms with Crippen LogP contribution in [0.2, 0.25) is 5.02 Å². The van der Waals surface area contributed by atoms with E-state index in [-0.39, 0.29) is 5.69 Å². The Balaban J connectivity index is 2.35. The minimum Gasteiger partial charge on any atom is -0.258 e. The molecular formula is C14H12ClN2O2+. The molecule has 96 valence electrons. The molecule has 0 aliphatic rings. The summed E-state index contributed by atoms with van der Waals surface area (Å²) < 4.78 is 1.95. The molecule has 0 saturated heterocycles. The maximum atomic E-state index is 10.7. The molecule has 0 radical (unpaired) electrons. The summed E-state index contributed by atoms with van der Waals surface area (Å²) in [5.74, 6) is 0. The van der Waals surface area contributed by atoms with E-state index in [1.165, 1.54) is 18.2 Å². The van der Waals surface area contributed by atoms with E-state index in [1.54, 1.807) is 6.08 Å². The molecule has 0 spiro atoms. The van der Waals surface area contributed by atoms with Crippen LogP contribution >= 0.6 is 11.6 Å². The van der Waals surface area contributed by atoms with Crippen LogP contribution < -0.4 is 4.57 Å². The zero-order chi connectivity index (χ0) is 13.8. The van der Waals surface area contributed by atoms with Gasteiger partial charge in [0.05, 0.1) is 4.92 Å². The average molecular weight is 276 g/mol. The van der Waals surface area contributed by atoms with E-state index in [0.29, 0.717) is 10.6 Å². The predicted molar refractivity (Wildman–Crippen MR) is 74.7 cm³/mol. The Labute approximate surface area is 115 Å². The highest BCUT2D eigenvalue weighted by atomic mass is 35.5. The van der Waals surface area contributed by atoms with E-state index in [0.717, 1.165) is 5.69 Å². The number of nitrogens with zero attached hydrogens (tertiary/aromatic N) is 2. The Hall–Kier alpha value is -2.20. The second kappa shape index (κ2) is 5.63. The van der Waals surface area contributed by atoms with Crippen molar-refractivity contribution in [3.63, 3.8) is 0 Å². The van der Waals surface area contributed by atoms with Gasteiger partial charge in [-0.2, -0.15) is 0 Å². The molecule has 0 atom stereocenters. The first kappa shape index (κ1) is 13.2. The molecule has 2 rings (SSSR count). The van der Waals surface area contributed by atoms with E-state index in [4.69, 9.17) is 11.6 Å². The first-order valence-electron chi connectivity index (χ1n) is 5.64. The van der Waals surface area contributed by atoms with Gasteiger partial charge in [0.1, 0.15) is 7.05 Å². The van der Waals surface area contributed by atoms with Gasteiger partial charge in [0.15, 0.2) is 6.20 Å². The number of non-ortho nitro benzene ring substituents is 1. The second-order valence-corrected chi connectivity index (χ2v) is 4.44. The summed E-state index contributed by atoms with van der Waals surface area (Å²) in [5.41, 5.74) is 1.63. The van der Waals surface area contributed by atoms with Crippen molar-refractivity contribution in [1.29, 1.82) is 0 Å². The molecule has 1 heterocycles. The lowest BCUT2D eigenvalue weighted by Gasteiger charge is -1.98. The van der Waals surface area contributed by atoms with Gasteiger partial charge >= 0.3 is 0 Å². The van der Waals surface area contributed by atoms with Crippen molar-refractivity contribution >= 4 is 29.4 Å². The van der Waals surface area contributed by atoms with Crippen LogP contribution in [0.5, 0.6) is 0 Å². The molecule has 19 heavy (non-hydrogen) atoms. The zero-order valence-corrected chi connectivity index (χ0v) is 11.0. The Kier molecular flexibility index (Phi) is 3.92. The van der Waals surface area contributed by atoms with Crippen molar-refractivity contribution < 1.29 is 9.49 Å². The summed E-state index contributed by atoms with van der Waals surface area (Å²) in [7, 11) is 1.93. The van der Waals surface area contributed by atoms with Gasteiger partial charge in [-0.25, -0.2) is 4.57 Å². The molecule has 1 aromatic carbocycles. The van der Waals surface area contributed by atoms with Crippen molar-refractivity contribution in [3.8, 4) is 0 Å². The lowest BCUT2D eigenvalue weighted by molar-refractivity contribution is -0.673. The maximum absolute atomic E-state index is 10.7. The van der Waals surface area contributed by atoms with Gasteiger partial charge in [-0.1, -0.05) is 11.6 Å². The monoisotopic (exact) mass is 275 g/mol. The largest absolute Gasteiger partial charge is 0.270 e. The van der Waals surface area contributed by atoms with Crippen LogP contribution in [-0.4, -0.2) is 4.92 Å². The van der Waals surface area contributed by atoms with Crippen LogP contribution in [0.25, 0.3) is 12.2 Å². The summed E-state index contributed by atoms with van der Waals surface area (Å²) >= 11 is 6.03. The van der Waals surface area contributed by atoms with Gasteiger partial charge in [-0.3, -0.25) is 10.1 Å². The lowest BCUT2D eigenvalue weighted by atomic mass is 10.1. The molecular weight excluding hydrogens is 264 g/mol. The number of halogens is 1. The Morgan fingerprint density at radius 2 is 2.05 bits per heavy atom. The average Bonchev–Trinajstić information content (AvgIpc) is 2.39. The summed E-state index contributed by atoms with van der Waals surface area (Å²) in [6.07, 6.45) is 5.56. The van der Waals surface area contributed by atoms with Crippen molar-refractivity contribution in [2.75, 3.05) is 0 Å². The van der Waals surface area contributed by atoms with Crippen molar-refractivity contribution in [1.82, 2.24) is 0 Å². The quantitative estimate of drug-likeness (QED) is 0.490. The van der Waals surface area contributed by atoms with Crippen molar-refractivity contribution in [3.05, 3.63) is 69.0 Å². The molecule has 0 saturated carbocycles. The molecule has 0 aliphatic carbocycles. The Bertz CT molecular complexity index is 654. The SMILES string of the molecule is C[n+]1ccccc1C=Cc1cc([N+](=O)[O-])ccc1Cl. The maximum Gasteiger partial charge on any atom is 0.270 e. The molecule has 2 aromatic rings. The minimum absolute atomic E-state index is 0.0292.